The molecule has 3 rings (SSSR count). The van der Waals surface area contributed by atoms with Crippen molar-refractivity contribution in [2.24, 2.45) is 0 Å². The highest BCUT2D eigenvalue weighted by Crippen LogP contribution is 2.15. The van der Waals surface area contributed by atoms with E-state index in [-0.39, 0.29) is 11.8 Å². The second-order valence-electron chi connectivity index (χ2n) is 6.72. The largest absolute Gasteiger partial charge is 0.383 e. The molecule has 1 N–H and O–H groups in total. The quantitative estimate of drug-likeness (QED) is 0.558. The van der Waals surface area contributed by atoms with Gasteiger partial charge in [-0.1, -0.05) is 12.1 Å². The van der Waals surface area contributed by atoms with Gasteiger partial charge in [-0.05, 0) is 30.3 Å². The minimum atomic E-state index is -0.146. The average Bonchev–Trinajstić information content (AvgIpc) is 3.29. The van der Waals surface area contributed by atoms with Gasteiger partial charge >= 0.3 is 0 Å². The molecule has 0 aliphatic rings. The number of hydrogen-bond donors (Lipinski definition) is 1. The maximum Gasteiger partial charge on any atom is 0.254 e. The fraction of sp³-hybridized carbons (Fsp3) is 0.273. The van der Waals surface area contributed by atoms with E-state index in [2.05, 4.69) is 15.3 Å². The van der Waals surface area contributed by atoms with Gasteiger partial charge in [0.15, 0.2) is 0 Å². The molecule has 0 atom stereocenters. The van der Waals surface area contributed by atoms with Crippen LogP contribution in [0.1, 0.15) is 22.5 Å². The van der Waals surface area contributed by atoms with Crippen molar-refractivity contribution >= 4 is 17.5 Å². The Labute approximate surface area is 175 Å². The molecule has 1 aromatic carbocycles. The first kappa shape index (κ1) is 21.2. The van der Waals surface area contributed by atoms with Crippen molar-refractivity contribution in [1.29, 1.82) is 0 Å². The summed E-state index contributed by atoms with van der Waals surface area (Å²) in [4.78, 5) is 35.3. The van der Waals surface area contributed by atoms with Crippen LogP contribution in [-0.2, 0) is 22.6 Å². The number of methoxy groups -OCH3 is 1. The van der Waals surface area contributed by atoms with E-state index < -0.39 is 0 Å². The summed E-state index contributed by atoms with van der Waals surface area (Å²) < 4.78 is 6.99. The number of carbonyl (C=O) groups excluding carboxylic acids is 2. The lowest BCUT2D eigenvalue weighted by atomic mass is 10.1. The van der Waals surface area contributed by atoms with Crippen LogP contribution in [0.3, 0.4) is 0 Å². The number of benzene rings is 1. The molecule has 2 amide bonds. The van der Waals surface area contributed by atoms with E-state index in [1.165, 1.54) is 0 Å². The van der Waals surface area contributed by atoms with Crippen LogP contribution in [0.15, 0.2) is 67.4 Å². The molecule has 156 valence electrons. The number of anilines is 1. The van der Waals surface area contributed by atoms with E-state index in [4.69, 9.17) is 4.74 Å². The third-order valence-electron chi connectivity index (χ3n) is 4.48. The number of rotatable bonds is 10. The Morgan fingerprint density at radius 1 is 1.17 bits per heavy atom. The van der Waals surface area contributed by atoms with Gasteiger partial charge in [-0.2, -0.15) is 0 Å². The summed E-state index contributed by atoms with van der Waals surface area (Å²) >= 11 is 0. The Bertz CT molecular complexity index is 944. The van der Waals surface area contributed by atoms with Crippen LogP contribution in [0.2, 0.25) is 0 Å². The molecule has 0 unspecified atom stereocenters. The predicted molar refractivity (Wildman–Crippen MR) is 113 cm³/mol. The monoisotopic (exact) mass is 407 g/mol. The number of carbonyl (C=O) groups is 2. The molecular weight excluding hydrogens is 382 g/mol. The number of aryl methyl sites for hydroxylation is 1. The van der Waals surface area contributed by atoms with Gasteiger partial charge < -0.3 is 19.5 Å². The van der Waals surface area contributed by atoms with Crippen LogP contribution < -0.4 is 5.32 Å². The van der Waals surface area contributed by atoms with Gasteiger partial charge in [-0.3, -0.25) is 14.6 Å². The fourth-order valence-electron chi connectivity index (χ4n) is 2.93. The van der Waals surface area contributed by atoms with Gasteiger partial charge in [0.25, 0.3) is 5.91 Å². The number of aromatic nitrogens is 3. The number of pyridine rings is 1. The van der Waals surface area contributed by atoms with Gasteiger partial charge in [0.1, 0.15) is 0 Å². The number of amides is 2. The number of imidazole rings is 1. The summed E-state index contributed by atoms with van der Waals surface area (Å²) in [6.45, 7) is 1.78. The lowest BCUT2D eigenvalue weighted by molar-refractivity contribution is -0.116. The zero-order valence-electron chi connectivity index (χ0n) is 16.9. The van der Waals surface area contributed by atoms with Crippen molar-refractivity contribution in [3.05, 3.63) is 78.6 Å². The van der Waals surface area contributed by atoms with Gasteiger partial charge in [0.05, 0.1) is 25.2 Å². The van der Waals surface area contributed by atoms with Crippen LogP contribution in [0.25, 0.3) is 0 Å². The zero-order chi connectivity index (χ0) is 21.2. The van der Waals surface area contributed by atoms with E-state index in [0.29, 0.717) is 43.9 Å². The summed E-state index contributed by atoms with van der Waals surface area (Å²) in [5, 5.41) is 2.85. The van der Waals surface area contributed by atoms with E-state index >= 15 is 0 Å². The smallest absolute Gasteiger partial charge is 0.254 e. The maximum absolute atomic E-state index is 13.1. The molecule has 0 saturated heterocycles. The molecule has 0 saturated carbocycles. The minimum absolute atomic E-state index is 0.127. The van der Waals surface area contributed by atoms with Gasteiger partial charge in [-0.25, -0.2) is 4.98 Å². The standard InChI is InChI=1S/C22H25N5O3/c1-30-14-13-27(16-20-6-2-3-9-24-20)22(29)18-5-4-7-19(15-18)25-21(28)8-11-26-12-10-23-17-26/h2-7,9-10,12,15,17H,8,11,13-14,16H2,1H3,(H,25,28). The molecule has 2 heterocycles. The molecule has 0 aliphatic carbocycles. The Balaban J connectivity index is 1.65. The molecule has 0 radical (unpaired) electrons. The third kappa shape index (κ3) is 6.25. The molecular formula is C22H25N5O3. The van der Waals surface area contributed by atoms with Gasteiger partial charge in [-0.15, -0.1) is 0 Å². The topological polar surface area (TPSA) is 89.4 Å². The Morgan fingerprint density at radius 3 is 2.80 bits per heavy atom. The first-order valence-electron chi connectivity index (χ1n) is 9.69. The van der Waals surface area contributed by atoms with Crippen molar-refractivity contribution in [1.82, 2.24) is 19.4 Å². The molecule has 3 aromatic rings. The van der Waals surface area contributed by atoms with Crippen LogP contribution in [0.4, 0.5) is 5.69 Å². The van der Waals surface area contributed by atoms with Crippen LogP contribution in [0.5, 0.6) is 0 Å². The van der Waals surface area contributed by atoms with E-state index in [9.17, 15) is 9.59 Å². The van der Waals surface area contributed by atoms with Crippen molar-refractivity contribution in [3.8, 4) is 0 Å². The molecule has 0 aliphatic heterocycles. The number of hydrogen-bond acceptors (Lipinski definition) is 5. The third-order valence-corrected chi connectivity index (χ3v) is 4.48. The van der Waals surface area contributed by atoms with Crippen molar-refractivity contribution in [2.75, 3.05) is 25.6 Å². The lowest BCUT2D eigenvalue weighted by Gasteiger charge is -2.22. The summed E-state index contributed by atoms with van der Waals surface area (Å²) in [5.74, 6) is -0.273. The van der Waals surface area contributed by atoms with E-state index in [0.717, 1.165) is 5.69 Å². The van der Waals surface area contributed by atoms with E-state index in [1.54, 1.807) is 55.0 Å². The SMILES string of the molecule is COCCN(Cc1ccccn1)C(=O)c1cccc(NC(=O)CCn2ccnc2)c1. The summed E-state index contributed by atoms with van der Waals surface area (Å²) in [5.41, 5.74) is 1.88. The molecule has 8 nitrogen and oxygen atoms in total. The van der Waals surface area contributed by atoms with Crippen molar-refractivity contribution in [2.45, 2.75) is 19.5 Å². The molecule has 8 heteroatoms. The maximum atomic E-state index is 13.1. The number of nitrogens with one attached hydrogen (secondary N) is 1. The summed E-state index contributed by atoms with van der Waals surface area (Å²) in [6, 6.07) is 12.6. The first-order valence-corrected chi connectivity index (χ1v) is 9.69. The Kier molecular flexibility index (Phi) is 7.68. The van der Waals surface area contributed by atoms with E-state index in [1.807, 2.05) is 29.0 Å². The Hall–Kier alpha value is -3.52. The minimum Gasteiger partial charge on any atom is -0.383 e. The second-order valence-corrected chi connectivity index (χ2v) is 6.72. The number of ether oxygens (including phenoxy) is 1. The molecule has 0 bridgehead atoms. The number of nitrogens with zero attached hydrogens (tertiary/aromatic N) is 4. The van der Waals surface area contributed by atoms with Crippen LogP contribution >= 0.6 is 0 Å². The van der Waals surface area contributed by atoms with Crippen molar-refractivity contribution < 1.29 is 14.3 Å². The highest BCUT2D eigenvalue weighted by atomic mass is 16.5. The van der Waals surface area contributed by atoms with Crippen LogP contribution in [-0.4, -0.2) is 51.5 Å². The Morgan fingerprint density at radius 2 is 2.07 bits per heavy atom. The summed E-state index contributed by atoms with van der Waals surface area (Å²) in [6.07, 6.45) is 7.17. The lowest BCUT2D eigenvalue weighted by Crippen LogP contribution is -2.33. The normalized spacial score (nSPS) is 10.6. The zero-order valence-corrected chi connectivity index (χ0v) is 16.9. The second kappa shape index (κ2) is 10.9. The average molecular weight is 407 g/mol. The molecule has 30 heavy (non-hydrogen) atoms. The summed E-state index contributed by atoms with van der Waals surface area (Å²) in [7, 11) is 1.60. The van der Waals surface area contributed by atoms with Gasteiger partial charge in [0, 0.05) is 56.5 Å². The molecule has 0 fully saturated rings. The highest BCUT2D eigenvalue weighted by Gasteiger charge is 2.17. The fourth-order valence-corrected chi connectivity index (χ4v) is 2.93. The van der Waals surface area contributed by atoms with Crippen molar-refractivity contribution in [3.63, 3.8) is 0 Å². The first-order chi connectivity index (χ1) is 14.7. The molecule has 0 spiro atoms. The van der Waals surface area contributed by atoms with Gasteiger partial charge in [0.2, 0.25) is 5.91 Å². The van der Waals surface area contributed by atoms with Crippen LogP contribution in [0, 0.1) is 0 Å². The molecule has 2 aromatic heterocycles. The highest BCUT2D eigenvalue weighted by molar-refractivity contribution is 5.97. The predicted octanol–water partition coefficient (Wildman–Crippen LogP) is 2.60.